The molecular formula is C24H27F3N2O5S. The Morgan fingerprint density at radius 2 is 1.66 bits per heavy atom. The smallest absolute Gasteiger partial charge is 0.494 e. The van der Waals surface area contributed by atoms with Gasteiger partial charge in [0.05, 0.1) is 11.5 Å². The van der Waals surface area contributed by atoms with E-state index in [0.717, 1.165) is 49.9 Å². The average Bonchev–Trinajstić information content (AvgIpc) is 3.57. The lowest BCUT2D eigenvalue weighted by atomic mass is 10.1. The summed E-state index contributed by atoms with van der Waals surface area (Å²) >= 11 is 0. The molecule has 0 bridgehead atoms. The number of carbonyl (C=O) groups is 1. The van der Waals surface area contributed by atoms with Gasteiger partial charge in [0.25, 0.3) is 10.0 Å². The standard InChI is InChI=1S/C24H27F3N2O5S/c25-24(26,27)34-21-11-13-22(14-12-21)35(31,32)28-29-15-1-3-19(29)4-2-16-33-20-9-7-18(8-10-20)23(30)17-5-6-17/h7-14,17,19,28H,1-6,15-16H2/t19-/m1/s1. The molecule has 190 valence electrons. The van der Waals surface area contributed by atoms with E-state index in [1.165, 1.54) is 0 Å². The van der Waals surface area contributed by atoms with E-state index in [4.69, 9.17) is 4.74 Å². The molecule has 1 N–H and O–H groups in total. The Bertz CT molecular complexity index is 1120. The predicted molar refractivity (Wildman–Crippen MR) is 121 cm³/mol. The van der Waals surface area contributed by atoms with E-state index >= 15 is 0 Å². The zero-order chi connectivity index (χ0) is 25.1. The zero-order valence-corrected chi connectivity index (χ0v) is 19.8. The van der Waals surface area contributed by atoms with Gasteiger partial charge >= 0.3 is 6.36 Å². The highest BCUT2D eigenvalue weighted by Crippen LogP contribution is 2.33. The summed E-state index contributed by atoms with van der Waals surface area (Å²) in [5.41, 5.74) is 0.705. The fourth-order valence-electron chi connectivity index (χ4n) is 4.09. The molecule has 2 fully saturated rings. The Morgan fingerprint density at radius 3 is 2.29 bits per heavy atom. The number of rotatable bonds is 11. The van der Waals surface area contributed by atoms with E-state index in [9.17, 15) is 26.4 Å². The van der Waals surface area contributed by atoms with Crippen LogP contribution in [0.4, 0.5) is 13.2 Å². The minimum atomic E-state index is -4.84. The number of carbonyl (C=O) groups excluding carboxylic acids is 1. The van der Waals surface area contributed by atoms with Crippen LogP contribution in [0.3, 0.4) is 0 Å². The monoisotopic (exact) mass is 512 g/mol. The molecule has 0 radical (unpaired) electrons. The number of hydrogen-bond donors (Lipinski definition) is 1. The van der Waals surface area contributed by atoms with E-state index < -0.39 is 22.1 Å². The van der Waals surface area contributed by atoms with Gasteiger partial charge in [0.1, 0.15) is 11.5 Å². The first-order chi connectivity index (χ1) is 16.6. The fraction of sp³-hybridized carbons (Fsp3) is 0.458. The molecule has 1 atom stereocenters. The van der Waals surface area contributed by atoms with E-state index in [1.54, 1.807) is 29.3 Å². The number of ketones is 1. The molecule has 0 unspecified atom stereocenters. The first-order valence-electron chi connectivity index (χ1n) is 11.5. The highest BCUT2D eigenvalue weighted by molar-refractivity contribution is 7.89. The van der Waals surface area contributed by atoms with Crippen LogP contribution in [-0.2, 0) is 10.0 Å². The third-order valence-corrected chi connectivity index (χ3v) is 7.39. The van der Waals surface area contributed by atoms with Gasteiger partial charge in [-0.3, -0.25) is 4.79 Å². The van der Waals surface area contributed by atoms with Crippen LogP contribution in [0.25, 0.3) is 0 Å². The highest BCUT2D eigenvalue weighted by Gasteiger charge is 2.32. The van der Waals surface area contributed by atoms with Crippen LogP contribution >= 0.6 is 0 Å². The number of benzene rings is 2. The van der Waals surface area contributed by atoms with Gasteiger partial charge in [-0.1, -0.05) is 0 Å². The molecule has 2 aromatic rings. The van der Waals surface area contributed by atoms with Crippen LogP contribution in [0.5, 0.6) is 11.5 Å². The van der Waals surface area contributed by atoms with Crippen molar-refractivity contribution in [2.24, 2.45) is 5.92 Å². The van der Waals surface area contributed by atoms with Crippen molar-refractivity contribution in [1.82, 2.24) is 9.84 Å². The van der Waals surface area contributed by atoms with Crippen molar-refractivity contribution in [3.8, 4) is 11.5 Å². The lowest BCUT2D eigenvalue weighted by molar-refractivity contribution is -0.274. The van der Waals surface area contributed by atoms with Gasteiger partial charge < -0.3 is 9.47 Å². The molecule has 1 saturated carbocycles. The van der Waals surface area contributed by atoms with Crippen molar-refractivity contribution >= 4 is 15.8 Å². The second kappa shape index (κ2) is 10.5. The Labute approximate surface area is 202 Å². The van der Waals surface area contributed by atoms with Gasteiger partial charge in [-0.2, -0.15) is 0 Å². The Hall–Kier alpha value is -2.63. The van der Waals surface area contributed by atoms with Gasteiger partial charge in [-0.05, 0) is 87.1 Å². The number of sulfonamides is 1. The van der Waals surface area contributed by atoms with E-state index in [1.807, 2.05) is 0 Å². The maximum Gasteiger partial charge on any atom is 0.573 e. The minimum Gasteiger partial charge on any atom is -0.494 e. The summed E-state index contributed by atoms with van der Waals surface area (Å²) in [6.07, 6.45) is 0.142. The molecule has 1 aliphatic carbocycles. The molecule has 0 spiro atoms. The molecule has 2 aliphatic rings. The molecule has 11 heteroatoms. The normalized spacial score (nSPS) is 19.0. The second-order valence-corrected chi connectivity index (χ2v) is 10.4. The number of nitrogens with one attached hydrogen (secondary N) is 1. The second-order valence-electron chi connectivity index (χ2n) is 8.76. The number of hydrogen-bond acceptors (Lipinski definition) is 6. The van der Waals surface area contributed by atoms with Crippen LogP contribution in [0.15, 0.2) is 53.4 Å². The molecular weight excluding hydrogens is 485 g/mol. The largest absolute Gasteiger partial charge is 0.573 e. The van der Waals surface area contributed by atoms with E-state index in [-0.39, 0.29) is 22.6 Å². The lowest BCUT2D eigenvalue weighted by Crippen LogP contribution is -2.45. The molecule has 0 amide bonds. The van der Waals surface area contributed by atoms with Gasteiger partial charge in [0, 0.05) is 24.1 Å². The van der Waals surface area contributed by atoms with Crippen LogP contribution in [0.2, 0.25) is 0 Å². The number of alkyl halides is 3. The fourth-order valence-corrected chi connectivity index (χ4v) is 5.24. The summed E-state index contributed by atoms with van der Waals surface area (Å²) in [4.78, 5) is 14.5. The summed E-state index contributed by atoms with van der Waals surface area (Å²) in [7, 11) is -3.94. The van der Waals surface area contributed by atoms with E-state index in [0.29, 0.717) is 37.3 Å². The number of halogens is 3. The third kappa shape index (κ3) is 7.18. The number of hydrazine groups is 1. The highest BCUT2D eigenvalue weighted by atomic mass is 32.2. The van der Waals surface area contributed by atoms with Gasteiger partial charge in [-0.15, -0.1) is 18.0 Å². The first-order valence-corrected chi connectivity index (χ1v) is 13.0. The number of ether oxygens (including phenoxy) is 2. The number of Topliss-reactive ketones (excluding diaryl/α,β-unsaturated/α-hetero) is 1. The van der Waals surface area contributed by atoms with Crippen molar-refractivity contribution in [2.75, 3.05) is 13.2 Å². The summed E-state index contributed by atoms with van der Waals surface area (Å²) in [5.74, 6) is 0.557. The molecule has 35 heavy (non-hydrogen) atoms. The third-order valence-electron chi connectivity index (χ3n) is 6.02. The number of nitrogens with zero attached hydrogens (tertiary/aromatic N) is 1. The quantitative estimate of drug-likeness (QED) is 0.347. The molecule has 7 nitrogen and oxygen atoms in total. The first kappa shape index (κ1) is 25.5. The molecule has 1 saturated heterocycles. The van der Waals surface area contributed by atoms with Crippen LogP contribution in [0.1, 0.15) is 48.9 Å². The molecule has 4 rings (SSSR count). The van der Waals surface area contributed by atoms with Crippen molar-refractivity contribution in [3.05, 3.63) is 54.1 Å². The summed E-state index contributed by atoms with van der Waals surface area (Å²) in [5, 5.41) is 1.66. The summed E-state index contributed by atoms with van der Waals surface area (Å²) in [6, 6.07) is 11.2. The summed E-state index contributed by atoms with van der Waals surface area (Å²) in [6.45, 7) is 0.990. The van der Waals surface area contributed by atoms with Crippen LogP contribution < -0.4 is 14.3 Å². The van der Waals surface area contributed by atoms with Crippen LogP contribution in [0, 0.1) is 5.92 Å². The van der Waals surface area contributed by atoms with Crippen LogP contribution in [-0.4, -0.2) is 44.8 Å². The van der Waals surface area contributed by atoms with Crippen molar-refractivity contribution in [3.63, 3.8) is 0 Å². The Kier molecular flexibility index (Phi) is 7.67. The van der Waals surface area contributed by atoms with Gasteiger partial charge in [0.2, 0.25) is 0 Å². The molecule has 0 aromatic heterocycles. The maximum absolute atomic E-state index is 12.7. The zero-order valence-electron chi connectivity index (χ0n) is 19.0. The van der Waals surface area contributed by atoms with E-state index in [2.05, 4.69) is 9.57 Å². The molecule has 2 aromatic carbocycles. The SMILES string of the molecule is O=C(c1ccc(OCCC[C@H]2CCCN2NS(=O)(=O)c2ccc(OC(F)(F)F)cc2)cc1)C1CC1. The summed E-state index contributed by atoms with van der Waals surface area (Å²) < 4.78 is 71.9. The van der Waals surface area contributed by atoms with Gasteiger partial charge in [0.15, 0.2) is 5.78 Å². The topological polar surface area (TPSA) is 84.9 Å². The van der Waals surface area contributed by atoms with Gasteiger partial charge in [-0.25, -0.2) is 13.4 Å². The minimum absolute atomic E-state index is 0.0141. The predicted octanol–water partition coefficient (Wildman–Crippen LogP) is 4.69. The van der Waals surface area contributed by atoms with Crippen molar-refractivity contribution in [2.45, 2.75) is 55.8 Å². The molecule has 1 aliphatic heterocycles. The maximum atomic E-state index is 12.7. The average molecular weight is 513 g/mol. The Morgan fingerprint density at radius 1 is 1.00 bits per heavy atom. The van der Waals surface area contributed by atoms with Crippen molar-refractivity contribution < 1.29 is 35.9 Å². The lowest BCUT2D eigenvalue weighted by Gasteiger charge is -2.25. The van der Waals surface area contributed by atoms with Crippen molar-refractivity contribution in [1.29, 1.82) is 0 Å². The molecule has 1 heterocycles. The Balaban J connectivity index is 1.24.